The lowest BCUT2D eigenvalue weighted by Crippen LogP contribution is -2.38. The molecule has 0 saturated carbocycles. The maximum absolute atomic E-state index is 11.9. The first kappa shape index (κ1) is 13.9. The maximum atomic E-state index is 11.9. The number of ether oxygens (including phenoxy) is 2. The molecule has 0 spiro atoms. The Balaban J connectivity index is 2.43. The number of aryl methyl sites for hydroxylation is 1. The summed E-state index contributed by atoms with van der Waals surface area (Å²) in [5, 5.41) is 0. The summed E-state index contributed by atoms with van der Waals surface area (Å²) in [7, 11) is 4.69. The van der Waals surface area contributed by atoms with E-state index < -0.39 is 0 Å². The Hall–Kier alpha value is -2.50. The Morgan fingerprint density at radius 3 is 2.40 bits per heavy atom. The minimum absolute atomic E-state index is 0.187. The van der Waals surface area contributed by atoms with E-state index in [-0.39, 0.29) is 17.8 Å². The standard InChI is InChI=1S/C14H16N2O4/c1-15-7-6-13(17)16(14(15)18)9-10-4-5-11(19-2)12(8-10)20-3/h4-8H,9H2,1-3H3. The molecule has 0 atom stereocenters. The number of methoxy groups -OCH3 is 2. The van der Waals surface area contributed by atoms with Crippen molar-refractivity contribution in [3.63, 3.8) is 0 Å². The fraction of sp³-hybridized carbons (Fsp3) is 0.286. The highest BCUT2D eigenvalue weighted by molar-refractivity contribution is 5.42. The zero-order chi connectivity index (χ0) is 14.7. The molecule has 2 aromatic rings. The van der Waals surface area contributed by atoms with Gasteiger partial charge in [-0.3, -0.25) is 9.36 Å². The summed E-state index contributed by atoms with van der Waals surface area (Å²) in [6.07, 6.45) is 1.45. The van der Waals surface area contributed by atoms with Gasteiger partial charge in [-0.1, -0.05) is 6.07 Å². The number of nitrogens with zero attached hydrogens (tertiary/aromatic N) is 2. The second-order valence-electron chi connectivity index (χ2n) is 4.32. The van der Waals surface area contributed by atoms with Gasteiger partial charge in [0, 0.05) is 19.3 Å². The van der Waals surface area contributed by atoms with Crippen molar-refractivity contribution in [2.45, 2.75) is 6.54 Å². The van der Waals surface area contributed by atoms with Crippen LogP contribution in [0.4, 0.5) is 0 Å². The van der Waals surface area contributed by atoms with Gasteiger partial charge in [-0.15, -0.1) is 0 Å². The van der Waals surface area contributed by atoms with E-state index in [4.69, 9.17) is 9.47 Å². The van der Waals surface area contributed by atoms with E-state index in [0.717, 1.165) is 5.56 Å². The van der Waals surface area contributed by atoms with Gasteiger partial charge in [0.15, 0.2) is 11.5 Å². The number of aromatic nitrogens is 2. The summed E-state index contributed by atoms with van der Waals surface area (Å²) < 4.78 is 12.9. The second-order valence-corrected chi connectivity index (χ2v) is 4.32. The van der Waals surface area contributed by atoms with Gasteiger partial charge in [0.1, 0.15) is 0 Å². The molecule has 0 fully saturated rings. The molecular formula is C14H16N2O4. The molecule has 0 aliphatic rings. The third-order valence-corrected chi connectivity index (χ3v) is 3.03. The predicted octanol–water partition coefficient (Wildman–Crippen LogP) is 0.612. The van der Waals surface area contributed by atoms with Crippen LogP contribution in [-0.4, -0.2) is 23.4 Å². The van der Waals surface area contributed by atoms with E-state index in [9.17, 15) is 9.59 Å². The van der Waals surface area contributed by atoms with Crippen LogP contribution in [0.2, 0.25) is 0 Å². The lowest BCUT2D eigenvalue weighted by Gasteiger charge is -2.10. The van der Waals surface area contributed by atoms with Crippen LogP contribution in [-0.2, 0) is 13.6 Å². The molecule has 2 rings (SSSR count). The zero-order valence-corrected chi connectivity index (χ0v) is 11.6. The largest absolute Gasteiger partial charge is 0.493 e. The molecule has 0 amide bonds. The average Bonchev–Trinajstić information content (AvgIpc) is 2.47. The zero-order valence-electron chi connectivity index (χ0n) is 11.6. The maximum Gasteiger partial charge on any atom is 0.331 e. The lowest BCUT2D eigenvalue weighted by atomic mass is 10.2. The normalized spacial score (nSPS) is 10.3. The van der Waals surface area contributed by atoms with Crippen molar-refractivity contribution < 1.29 is 9.47 Å². The summed E-state index contributed by atoms with van der Waals surface area (Å²) in [6.45, 7) is 0.187. The Labute approximate surface area is 115 Å². The molecule has 20 heavy (non-hydrogen) atoms. The molecular weight excluding hydrogens is 260 g/mol. The van der Waals surface area contributed by atoms with Gasteiger partial charge < -0.3 is 14.0 Å². The van der Waals surface area contributed by atoms with Crippen molar-refractivity contribution in [1.29, 1.82) is 0 Å². The highest BCUT2D eigenvalue weighted by Crippen LogP contribution is 2.27. The molecule has 0 aliphatic heterocycles. The van der Waals surface area contributed by atoms with Crippen LogP contribution in [0.15, 0.2) is 40.1 Å². The monoisotopic (exact) mass is 276 g/mol. The van der Waals surface area contributed by atoms with Crippen molar-refractivity contribution in [1.82, 2.24) is 9.13 Å². The first-order valence-corrected chi connectivity index (χ1v) is 6.04. The fourth-order valence-corrected chi connectivity index (χ4v) is 1.92. The van der Waals surface area contributed by atoms with E-state index in [2.05, 4.69) is 0 Å². The topological polar surface area (TPSA) is 62.5 Å². The number of hydrogen-bond donors (Lipinski definition) is 0. The highest BCUT2D eigenvalue weighted by Gasteiger charge is 2.08. The van der Waals surface area contributed by atoms with Gasteiger partial charge in [-0.25, -0.2) is 4.79 Å². The SMILES string of the molecule is COc1ccc(Cn2c(=O)ccn(C)c2=O)cc1OC. The van der Waals surface area contributed by atoms with Crippen LogP contribution >= 0.6 is 0 Å². The lowest BCUT2D eigenvalue weighted by molar-refractivity contribution is 0.354. The Kier molecular flexibility index (Phi) is 3.93. The van der Waals surface area contributed by atoms with E-state index in [1.54, 1.807) is 32.4 Å². The van der Waals surface area contributed by atoms with Crippen molar-refractivity contribution in [2.24, 2.45) is 7.05 Å². The van der Waals surface area contributed by atoms with Crippen molar-refractivity contribution >= 4 is 0 Å². The number of benzene rings is 1. The van der Waals surface area contributed by atoms with Gasteiger partial charge >= 0.3 is 5.69 Å². The molecule has 1 heterocycles. The number of hydrogen-bond acceptors (Lipinski definition) is 4. The van der Waals surface area contributed by atoms with E-state index in [1.165, 1.54) is 28.5 Å². The Morgan fingerprint density at radius 1 is 1.05 bits per heavy atom. The highest BCUT2D eigenvalue weighted by atomic mass is 16.5. The van der Waals surface area contributed by atoms with Gasteiger partial charge in [0.25, 0.3) is 5.56 Å². The summed E-state index contributed by atoms with van der Waals surface area (Å²) in [4.78, 5) is 23.7. The average molecular weight is 276 g/mol. The van der Waals surface area contributed by atoms with Gasteiger partial charge in [0.2, 0.25) is 0 Å². The first-order valence-electron chi connectivity index (χ1n) is 6.04. The van der Waals surface area contributed by atoms with Crippen LogP contribution in [0, 0.1) is 0 Å². The minimum atomic E-state index is -0.354. The molecule has 106 valence electrons. The van der Waals surface area contributed by atoms with Crippen LogP contribution in [0.3, 0.4) is 0 Å². The summed E-state index contributed by atoms with van der Waals surface area (Å²) >= 11 is 0. The summed E-state index contributed by atoms with van der Waals surface area (Å²) in [5.74, 6) is 1.16. The molecule has 6 heteroatoms. The molecule has 0 unspecified atom stereocenters. The molecule has 0 aliphatic carbocycles. The van der Waals surface area contributed by atoms with Gasteiger partial charge in [-0.2, -0.15) is 0 Å². The molecule has 0 bridgehead atoms. The molecule has 1 aromatic heterocycles. The van der Waals surface area contributed by atoms with Crippen LogP contribution in [0.5, 0.6) is 11.5 Å². The minimum Gasteiger partial charge on any atom is -0.493 e. The van der Waals surface area contributed by atoms with Crippen LogP contribution in [0.1, 0.15) is 5.56 Å². The van der Waals surface area contributed by atoms with Gasteiger partial charge in [0.05, 0.1) is 20.8 Å². The fourth-order valence-electron chi connectivity index (χ4n) is 1.92. The molecule has 6 nitrogen and oxygen atoms in total. The van der Waals surface area contributed by atoms with Crippen LogP contribution < -0.4 is 20.7 Å². The van der Waals surface area contributed by atoms with Crippen molar-refractivity contribution in [3.05, 3.63) is 56.9 Å². The predicted molar refractivity (Wildman–Crippen MR) is 74.6 cm³/mol. The van der Waals surface area contributed by atoms with E-state index in [1.807, 2.05) is 0 Å². The second kappa shape index (κ2) is 5.64. The van der Waals surface area contributed by atoms with Crippen molar-refractivity contribution in [2.75, 3.05) is 14.2 Å². The summed E-state index contributed by atoms with van der Waals surface area (Å²) in [5.41, 5.74) is 0.100. The molecule has 0 saturated heterocycles. The third kappa shape index (κ3) is 2.59. The molecule has 0 N–H and O–H groups in total. The smallest absolute Gasteiger partial charge is 0.331 e. The van der Waals surface area contributed by atoms with E-state index in [0.29, 0.717) is 11.5 Å². The Morgan fingerprint density at radius 2 is 1.75 bits per heavy atom. The quantitative estimate of drug-likeness (QED) is 0.821. The molecule has 0 radical (unpaired) electrons. The van der Waals surface area contributed by atoms with Gasteiger partial charge in [-0.05, 0) is 17.7 Å². The number of rotatable bonds is 4. The van der Waals surface area contributed by atoms with Crippen LogP contribution in [0.25, 0.3) is 0 Å². The van der Waals surface area contributed by atoms with Crippen molar-refractivity contribution in [3.8, 4) is 11.5 Å². The molecule has 1 aromatic carbocycles. The third-order valence-electron chi connectivity index (χ3n) is 3.03. The van der Waals surface area contributed by atoms with E-state index >= 15 is 0 Å². The first-order chi connectivity index (χ1) is 9.56. The Bertz CT molecular complexity index is 731. The summed E-state index contributed by atoms with van der Waals surface area (Å²) in [6, 6.07) is 6.65.